The van der Waals surface area contributed by atoms with E-state index in [-0.39, 0.29) is 11.9 Å². The molecule has 0 aliphatic carbocycles. The molecule has 2 N–H and O–H groups in total. The van der Waals surface area contributed by atoms with Gasteiger partial charge in [-0.3, -0.25) is 4.79 Å². The van der Waals surface area contributed by atoms with Crippen molar-refractivity contribution in [3.8, 4) is 0 Å². The predicted molar refractivity (Wildman–Crippen MR) is 34.9 cm³/mol. The topological polar surface area (TPSA) is 66.4 Å². The Balaban J connectivity index is 2.31. The molecule has 0 bridgehead atoms. The van der Waals surface area contributed by atoms with E-state index in [1.165, 1.54) is 0 Å². The minimum atomic E-state index is -0.330. The zero-order valence-corrected chi connectivity index (χ0v) is 5.75. The Morgan fingerprint density at radius 1 is 1.70 bits per heavy atom. The number of carbonyl (C=O) groups is 1. The molecule has 1 rings (SSSR count). The summed E-state index contributed by atoms with van der Waals surface area (Å²) < 4.78 is 0. The van der Waals surface area contributed by atoms with E-state index >= 15 is 0 Å². The van der Waals surface area contributed by atoms with E-state index in [2.05, 4.69) is 10.2 Å². The van der Waals surface area contributed by atoms with Crippen LogP contribution in [0.15, 0.2) is 0 Å². The molecule has 4 heteroatoms. The van der Waals surface area contributed by atoms with Gasteiger partial charge in [0, 0.05) is 13.1 Å². The predicted octanol–water partition coefficient (Wildman–Crippen LogP) is -0.582. The number of nitrogens with zero attached hydrogens (tertiary/aromatic N) is 1. The number of rotatable bonds is 1. The Kier molecular flexibility index (Phi) is 2.65. The monoisotopic (exact) mass is 143 g/mol. The van der Waals surface area contributed by atoms with Gasteiger partial charge in [0.1, 0.15) is 0 Å². The normalized spacial score (nSPS) is 25.9. The van der Waals surface area contributed by atoms with Crippen LogP contribution in [-0.2, 0) is 9.63 Å². The molecule has 1 fully saturated rings. The quantitative estimate of drug-likeness (QED) is 0.499. The maximum absolute atomic E-state index is 10.8. The molecule has 1 aliphatic rings. The molecule has 1 radical (unpaired) electrons. The number of nitrogens with two attached hydrogens (primary N) is 1. The van der Waals surface area contributed by atoms with Crippen LogP contribution in [0.2, 0.25) is 0 Å². The fourth-order valence-corrected chi connectivity index (χ4v) is 1.08. The molecule has 57 valence electrons. The minimum Gasteiger partial charge on any atom is -0.373 e. The van der Waals surface area contributed by atoms with Gasteiger partial charge >= 0.3 is 5.97 Å². The van der Waals surface area contributed by atoms with Gasteiger partial charge < -0.3 is 4.84 Å². The lowest BCUT2D eigenvalue weighted by Gasteiger charge is -2.17. The molecule has 1 saturated heterocycles. The Morgan fingerprint density at radius 3 is 3.00 bits per heavy atom. The highest BCUT2D eigenvalue weighted by Gasteiger charge is 2.22. The SMILES string of the molecule is NOC(=O)C1CCC[N]C1. The van der Waals surface area contributed by atoms with Crippen LogP contribution >= 0.6 is 0 Å². The fourth-order valence-electron chi connectivity index (χ4n) is 1.08. The average molecular weight is 143 g/mol. The summed E-state index contributed by atoms with van der Waals surface area (Å²) in [6.45, 7) is 1.45. The van der Waals surface area contributed by atoms with Gasteiger partial charge in [0.25, 0.3) is 0 Å². The Labute approximate surface area is 59.7 Å². The second-order valence-electron chi connectivity index (χ2n) is 2.41. The third-order valence-corrected chi connectivity index (χ3v) is 1.67. The van der Waals surface area contributed by atoms with Crippen molar-refractivity contribution in [1.82, 2.24) is 5.32 Å². The van der Waals surface area contributed by atoms with E-state index in [4.69, 9.17) is 5.90 Å². The largest absolute Gasteiger partial charge is 0.373 e. The average Bonchev–Trinajstić information content (AvgIpc) is 2.05. The van der Waals surface area contributed by atoms with Crippen molar-refractivity contribution in [2.45, 2.75) is 12.8 Å². The van der Waals surface area contributed by atoms with Crippen LogP contribution in [-0.4, -0.2) is 19.1 Å². The summed E-state index contributed by atoms with van der Waals surface area (Å²) in [5.41, 5.74) is 0. The summed E-state index contributed by atoms with van der Waals surface area (Å²) in [5, 5.41) is 4.07. The number of piperidine rings is 1. The summed E-state index contributed by atoms with van der Waals surface area (Å²) in [6, 6.07) is 0. The third kappa shape index (κ3) is 1.68. The molecule has 4 nitrogen and oxygen atoms in total. The van der Waals surface area contributed by atoms with Gasteiger partial charge in [0.2, 0.25) is 0 Å². The number of hydrogen-bond donors (Lipinski definition) is 1. The lowest BCUT2D eigenvalue weighted by molar-refractivity contribution is -0.149. The zero-order valence-electron chi connectivity index (χ0n) is 5.75. The first-order chi connectivity index (χ1) is 4.84. The highest BCUT2D eigenvalue weighted by molar-refractivity contribution is 5.72. The van der Waals surface area contributed by atoms with E-state index in [9.17, 15) is 4.79 Å². The van der Waals surface area contributed by atoms with Crippen molar-refractivity contribution in [1.29, 1.82) is 0 Å². The molecule has 1 heterocycles. The second kappa shape index (κ2) is 3.53. The Bertz CT molecular complexity index is 121. The van der Waals surface area contributed by atoms with Crippen molar-refractivity contribution in [3.05, 3.63) is 0 Å². The van der Waals surface area contributed by atoms with E-state index in [1.807, 2.05) is 0 Å². The molecular weight excluding hydrogens is 132 g/mol. The lowest BCUT2D eigenvalue weighted by atomic mass is 10.0. The van der Waals surface area contributed by atoms with Gasteiger partial charge in [-0.1, -0.05) is 0 Å². The number of carbonyl (C=O) groups excluding carboxylic acids is 1. The molecule has 0 aromatic heterocycles. The molecule has 1 atom stereocenters. The first kappa shape index (κ1) is 7.50. The summed E-state index contributed by atoms with van der Waals surface area (Å²) in [4.78, 5) is 14.9. The molecule has 10 heavy (non-hydrogen) atoms. The van der Waals surface area contributed by atoms with Gasteiger partial charge in [0.05, 0.1) is 5.92 Å². The van der Waals surface area contributed by atoms with Crippen LogP contribution in [0.25, 0.3) is 0 Å². The van der Waals surface area contributed by atoms with Crippen molar-refractivity contribution in [3.63, 3.8) is 0 Å². The van der Waals surface area contributed by atoms with Crippen molar-refractivity contribution >= 4 is 5.97 Å². The number of hydrogen-bond acceptors (Lipinski definition) is 3. The summed E-state index contributed by atoms with van der Waals surface area (Å²) in [5.74, 6) is 4.30. The van der Waals surface area contributed by atoms with Crippen LogP contribution in [0.4, 0.5) is 0 Å². The molecular formula is C6H11N2O2. The Morgan fingerprint density at radius 2 is 2.50 bits per heavy atom. The highest BCUT2D eigenvalue weighted by atomic mass is 16.7. The molecule has 0 spiro atoms. The van der Waals surface area contributed by atoms with E-state index in [0.717, 1.165) is 19.4 Å². The first-order valence-electron chi connectivity index (χ1n) is 3.38. The van der Waals surface area contributed by atoms with Gasteiger partial charge in [-0.25, -0.2) is 5.32 Å². The minimum absolute atomic E-state index is 0.0845. The third-order valence-electron chi connectivity index (χ3n) is 1.67. The lowest BCUT2D eigenvalue weighted by Crippen LogP contribution is -2.32. The van der Waals surface area contributed by atoms with E-state index < -0.39 is 0 Å². The molecule has 0 aromatic carbocycles. The second-order valence-corrected chi connectivity index (χ2v) is 2.41. The summed E-state index contributed by atoms with van der Waals surface area (Å²) in [6.07, 6.45) is 1.83. The maximum atomic E-state index is 10.8. The van der Waals surface area contributed by atoms with Crippen LogP contribution < -0.4 is 11.2 Å². The highest BCUT2D eigenvalue weighted by Crippen LogP contribution is 2.11. The molecule has 0 aromatic rings. The summed E-state index contributed by atoms with van der Waals surface area (Å²) >= 11 is 0. The van der Waals surface area contributed by atoms with Gasteiger partial charge in [0.15, 0.2) is 0 Å². The van der Waals surface area contributed by atoms with Crippen LogP contribution in [0.1, 0.15) is 12.8 Å². The van der Waals surface area contributed by atoms with Crippen molar-refractivity contribution in [2.24, 2.45) is 11.8 Å². The van der Waals surface area contributed by atoms with Crippen LogP contribution in [0, 0.1) is 5.92 Å². The maximum Gasteiger partial charge on any atom is 0.328 e. The molecule has 0 amide bonds. The van der Waals surface area contributed by atoms with Gasteiger partial charge in [-0.15, -0.1) is 0 Å². The summed E-state index contributed by atoms with van der Waals surface area (Å²) in [7, 11) is 0. The molecule has 1 unspecified atom stereocenters. The van der Waals surface area contributed by atoms with Crippen LogP contribution in [0.5, 0.6) is 0 Å². The molecule has 1 aliphatic heterocycles. The van der Waals surface area contributed by atoms with Crippen molar-refractivity contribution in [2.75, 3.05) is 13.1 Å². The fraction of sp³-hybridized carbons (Fsp3) is 0.833. The van der Waals surface area contributed by atoms with Crippen molar-refractivity contribution < 1.29 is 9.63 Å². The standard InChI is InChI=1S/C6H11N2O2/c7-10-6(9)5-2-1-3-8-4-5/h5H,1-4,7H2. The molecule has 0 saturated carbocycles. The van der Waals surface area contributed by atoms with E-state index in [0.29, 0.717) is 6.54 Å². The van der Waals surface area contributed by atoms with Gasteiger partial charge in [-0.05, 0) is 12.8 Å². The van der Waals surface area contributed by atoms with Gasteiger partial charge in [-0.2, -0.15) is 5.90 Å². The van der Waals surface area contributed by atoms with Crippen LogP contribution in [0.3, 0.4) is 0 Å². The Hall–Kier alpha value is -0.610. The van der Waals surface area contributed by atoms with E-state index in [1.54, 1.807) is 0 Å². The smallest absolute Gasteiger partial charge is 0.328 e. The zero-order chi connectivity index (χ0) is 7.40. The first-order valence-corrected chi connectivity index (χ1v) is 3.38.